The van der Waals surface area contributed by atoms with Crippen molar-refractivity contribution in [2.24, 2.45) is 0 Å². The smallest absolute Gasteiger partial charge is 0.264 e. The minimum Gasteiger partial charge on any atom is -0.483 e. The number of Topliss-reactive ketones (excluding diaryl/α,β-unsaturated/α-hetero) is 1. The molecule has 0 aliphatic carbocycles. The third-order valence-electron chi connectivity index (χ3n) is 3.99. The number of amides is 1. The van der Waals surface area contributed by atoms with Crippen molar-refractivity contribution in [2.45, 2.75) is 18.2 Å². The Morgan fingerprint density at radius 1 is 1.07 bits per heavy atom. The van der Waals surface area contributed by atoms with Crippen LogP contribution in [0.2, 0.25) is 0 Å². The first-order valence-electron chi connectivity index (χ1n) is 8.56. The summed E-state index contributed by atoms with van der Waals surface area (Å²) in [5, 5.41) is 11.0. The van der Waals surface area contributed by atoms with Crippen LogP contribution in [0.1, 0.15) is 21.5 Å². The van der Waals surface area contributed by atoms with E-state index in [1.54, 1.807) is 12.1 Å². The van der Waals surface area contributed by atoms with E-state index < -0.39 is 0 Å². The zero-order valence-corrected chi connectivity index (χ0v) is 17.1. The van der Waals surface area contributed by atoms with Gasteiger partial charge >= 0.3 is 0 Å². The second-order valence-electron chi connectivity index (χ2n) is 5.99. The highest BCUT2D eigenvalue weighted by molar-refractivity contribution is 8.01. The van der Waals surface area contributed by atoms with E-state index in [0.29, 0.717) is 20.8 Å². The first-order chi connectivity index (χ1) is 13.5. The fourth-order valence-electron chi connectivity index (χ4n) is 2.33. The molecule has 0 radical (unpaired) electrons. The van der Waals surface area contributed by atoms with Crippen LogP contribution in [0.3, 0.4) is 0 Å². The molecule has 0 saturated carbocycles. The number of ketones is 1. The maximum atomic E-state index is 12.1. The zero-order valence-electron chi connectivity index (χ0n) is 15.5. The Hall–Kier alpha value is -2.71. The van der Waals surface area contributed by atoms with Gasteiger partial charge in [0.25, 0.3) is 5.91 Å². The predicted molar refractivity (Wildman–Crippen MR) is 111 cm³/mol. The van der Waals surface area contributed by atoms with E-state index in [2.05, 4.69) is 15.5 Å². The summed E-state index contributed by atoms with van der Waals surface area (Å²) in [5.74, 6) is 0.660. The van der Waals surface area contributed by atoms with Crippen LogP contribution in [0.4, 0.5) is 5.13 Å². The largest absolute Gasteiger partial charge is 0.483 e. The minimum absolute atomic E-state index is 0.0216. The lowest BCUT2D eigenvalue weighted by atomic mass is 10.1. The van der Waals surface area contributed by atoms with Gasteiger partial charge in [-0.15, -0.1) is 10.2 Å². The van der Waals surface area contributed by atoms with Crippen LogP contribution in [0.15, 0.2) is 52.9 Å². The van der Waals surface area contributed by atoms with Crippen molar-refractivity contribution in [3.63, 3.8) is 0 Å². The van der Waals surface area contributed by atoms with Crippen LogP contribution < -0.4 is 10.1 Å². The van der Waals surface area contributed by atoms with Crippen molar-refractivity contribution in [3.8, 4) is 5.75 Å². The van der Waals surface area contributed by atoms with Gasteiger partial charge in [0.15, 0.2) is 16.7 Å². The van der Waals surface area contributed by atoms with Crippen molar-refractivity contribution in [3.05, 3.63) is 65.2 Å². The van der Waals surface area contributed by atoms with Gasteiger partial charge in [0.1, 0.15) is 5.75 Å². The molecule has 144 valence electrons. The summed E-state index contributed by atoms with van der Waals surface area (Å²) in [6.07, 6.45) is 0. The Morgan fingerprint density at radius 2 is 1.86 bits per heavy atom. The normalized spacial score (nSPS) is 10.5. The quantitative estimate of drug-likeness (QED) is 0.339. The van der Waals surface area contributed by atoms with Crippen LogP contribution in [0, 0.1) is 13.8 Å². The van der Waals surface area contributed by atoms with E-state index in [1.165, 1.54) is 23.1 Å². The number of nitrogens with one attached hydrogen (secondary N) is 1. The fourth-order valence-corrected chi connectivity index (χ4v) is 4.00. The molecule has 3 rings (SSSR count). The maximum Gasteiger partial charge on any atom is 0.264 e. The molecule has 3 aromatic rings. The number of aryl methyl sites for hydroxylation is 1. The lowest BCUT2D eigenvalue weighted by Crippen LogP contribution is -2.20. The summed E-state index contributed by atoms with van der Waals surface area (Å²) >= 11 is 2.52. The summed E-state index contributed by atoms with van der Waals surface area (Å²) in [7, 11) is 0. The Bertz CT molecular complexity index is 974. The number of ether oxygens (including phenoxy) is 1. The lowest BCUT2D eigenvalue weighted by Gasteiger charge is -2.10. The molecule has 1 amide bonds. The predicted octanol–water partition coefficient (Wildman–Crippen LogP) is 4.15. The first-order valence-corrected chi connectivity index (χ1v) is 10.4. The van der Waals surface area contributed by atoms with E-state index in [1.807, 2.05) is 50.2 Å². The number of hydrogen-bond donors (Lipinski definition) is 1. The molecule has 1 heterocycles. The molecule has 1 aromatic heterocycles. The number of thioether (sulfide) groups is 1. The van der Waals surface area contributed by atoms with E-state index in [4.69, 9.17) is 4.74 Å². The monoisotopic (exact) mass is 413 g/mol. The van der Waals surface area contributed by atoms with Crippen LogP contribution in [0.5, 0.6) is 5.75 Å². The number of anilines is 1. The molecule has 6 nitrogen and oxygen atoms in total. The van der Waals surface area contributed by atoms with E-state index >= 15 is 0 Å². The Kier molecular flexibility index (Phi) is 6.78. The molecule has 1 N–H and O–H groups in total. The third-order valence-corrected chi connectivity index (χ3v) is 5.96. The number of aromatic nitrogens is 2. The average molecular weight is 414 g/mol. The molecule has 0 atom stereocenters. The minimum atomic E-state index is -0.311. The second kappa shape index (κ2) is 9.48. The van der Waals surface area contributed by atoms with Gasteiger partial charge in [-0.05, 0) is 31.0 Å². The first kappa shape index (κ1) is 20.0. The number of hydrogen-bond acceptors (Lipinski definition) is 7. The van der Waals surface area contributed by atoms with Crippen molar-refractivity contribution >= 4 is 39.9 Å². The van der Waals surface area contributed by atoms with Crippen molar-refractivity contribution in [2.75, 3.05) is 17.7 Å². The zero-order chi connectivity index (χ0) is 19.9. The van der Waals surface area contributed by atoms with Gasteiger partial charge in [0, 0.05) is 5.56 Å². The standard InChI is InChI=1S/C20H19N3O3S2/c1-13-7-6-10-17(14(13)2)26-11-18(25)21-19-22-23-20(28-19)27-12-16(24)15-8-4-3-5-9-15/h3-10H,11-12H2,1-2H3,(H,21,22,25). The van der Waals surface area contributed by atoms with Crippen molar-refractivity contribution in [1.29, 1.82) is 0 Å². The van der Waals surface area contributed by atoms with Crippen LogP contribution in [0.25, 0.3) is 0 Å². The van der Waals surface area contributed by atoms with Gasteiger partial charge in [0.2, 0.25) is 5.13 Å². The van der Waals surface area contributed by atoms with E-state index in [0.717, 1.165) is 11.1 Å². The van der Waals surface area contributed by atoms with Gasteiger partial charge < -0.3 is 4.74 Å². The number of carbonyl (C=O) groups is 2. The number of nitrogens with zero attached hydrogens (tertiary/aromatic N) is 2. The molecule has 0 bridgehead atoms. The Labute approximate surface area is 171 Å². The van der Waals surface area contributed by atoms with E-state index in [-0.39, 0.29) is 24.1 Å². The topological polar surface area (TPSA) is 81.2 Å². The van der Waals surface area contributed by atoms with Gasteiger partial charge in [-0.25, -0.2) is 0 Å². The van der Waals surface area contributed by atoms with Crippen molar-refractivity contribution in [1.82, 2.24) is 10.2 Å². The molecule has 0 aliphatic heterocycles. The molecular weight excluding hydrogens is 394 g/mol. The molecule has 0 unspecified atom stereocenters. The summed E-state index contributed by atoms with van der Waals surface area (Å²) in [6, 6.07) is 14.8. The highest BCUT2D eigenvalue weighted by atomic mass is 32.2. The van der Waals surface area contributed by atoms with Gasteiger partial charge in [-0.3, -0.25) is 14.9 Å². The third kappa shape index (κ3) is 5.40. The highest BCUT2D eigenvalue weighted by Gasteiger charge is 2.12. The molecule has 8 heteroatoms. The average Bonchev–Trinajstić information content (AvgIpc) is 3.15. The molecule has 0 aliphatic rings. The maximum absolute atomic E-state index is 12.1. The summed E-state index contributed by atoms with van der Waals surface area (Å²) in [6.45, 7) is 3.83. The number of carbonyl (C=O) groups excluding carboxylic acids is 2. The van der Waals surface area contributed by atoms with Crippen LogP contribution in [-0.4, -0.2) is 34.2 Å². The summed E-state index contributed by atoms with van der Waals surface area (Å²) in [4.78, 5) is 24.2. The number of rotatable bonds is 8. The molecule has 2 aromatic carbocycles. The van der Waals surface area contributed by atoms with Crippen LogP contribution in [-0.2, 0) is 4.79 Å². The van der Waals surface area contributed by atoms with Crippen molar-refractivity contribution < 1.29 is 14.3 Å². The van der Waals surface area contributed by atoms with Gasteiger partial charge in [-0.2, -0.15) is 0 Å². The lowest BCUT2D eigenvalue weighted by molar-refractivity contribution is -0.118. The summed E-state index contributed by atoms with van der Waals surface area (Å²) < 4.78 is 6.20. The fraction of sp³-hybridized carbons (Fsp3) is 0.200. The molecule has 28 heavy (non-hydrogen) atoms. The molecule has 0 spiro atoms. The van der Waals surface area contributed by atoms with Gasteiger partial charge in [0.05, 0.1) is 5.75 Å². The SMILES string of the molecule is Cc1cccc(OCC(=O)Nc2nnc(SCC(=O)c3ccccc3)s2)c1C. The Balaban J connectivity index is 1.48. The number of benzene rings is 2. The molecular formula is C20H19N3O3S2. The van der Waals surface area contributed by atoms with E-state index in [9.17, 15) is 9.59 Å². The van der Waals surface area contributed by atoms with Crippen LogP contribution >= 0.6 is 23.1 Å². The Morgan fingerprint density at radius 3 is 2.64 bits per heavy atom. The highest BCUT2D eigenvalue weighted by Crippen LogP contribution is 2.26. The second-order valence-corrected chi connectivity index (χ2v) is 8.19. The molecule has 0 saturated heterocycles. The van der Waals surface area contributed by atoms with Gasteiger partial charge in [-0.1, -0.05) is 65.6 Å². The molecule has 0 fully saturated rings. The summed E-state index contributed by atoms with van der Waals surface area (Å²) in [5.41, 5.74) is 2.78.